The van der Waals surface area contributed by atoms with Gasteiger partial charge in [-0.2, -0.15) is 18.3 Å². The summed E-state index contributed by atoms with van der Waals surface area (Å²) in [6.45, 7) is 4.29. The molecule has 5 rings (SSSR count). The van der Waals surface area contributed by atoms with Crippen LogP contribution in [0.4, 0.5) is 24.9 Å². The van der Waals surface area contributed by atoms with Crippen molar-refractivity contribution in [2.24, 2.45) is 12.8 Å². The Kier molecular flexibility index (Phi) is 10.5. The van der Waals surface area contributed by atoms with Crippen LogP contribution in [0, 0.1) is 0 Å². The SMILES string of the molecule is CCCCCOc1ccc(CC(=O)Nc2cc(-c3cc(CC)c4nc(NC5CCC(N)CC5)ncc4c3)n(C)n2)cc1C(F)(F)F. The van der Waals surface area contributed by atoms with Gasteiger partial charge in [-0.1, -0.05) is 32.8 Å². The van der Waals surface area contributed by atoms with E-state index >= 15 is 0 Å². The molecule has 0 unspecified atom stereocenters. The molecule has 46 heavy (non-hydrogen) atoms. The van der Waals surface area contributed by atoms with Crippen molar-refractivity contribution in [3.8, 4) is 17.0 Å². The number of carbonyl (C=O) groups is 1. The average molecular weight is 638 g/mol. The number of nitrogens with zero attached hydrogens (tertiary/aromatic N) is 4. The lowest BCUT2D eigenvalue weighted by Crippen LogP contribution is -2.33. The van der Waals surface area contributed by atoms with E-state index in [-0.39, 0.29) is 30.4 Å². The number of nitrogens with two attached hydrogens (primary N) is 1. The highest BCUT2D eigenvalue weighted by atomic mass is 19.4. The van der Waals surface area contributed by atoms with Crippen LogP contribution in [0.3, 0.4) is 0 Å². The van der Waals surface area contributed by atoms with Crippen LogP contribution < -0.4 is 21.1 Å². The molecule has 2 heterocycles. The fourth-order valence-corrected chi connectivity index (χ4v) is 5.89. The zero-order valence-electron chi connectivity index (χ0n) is 26.6. The molecule has 12 heteroatoms. The summed E-state index contributed by atoms with van der Waals surface area (Å²) in [5, 5.41) is 11.5. The normalized spacial score (nSPS) is 16.8. The van der Waals surface area contributed by atoms with Crippen molar-refractivity contribution in [2.75, 3.05) is 17.2 Å². The minimum atomic E-state index is -4.60. The van der Waals surface area contributed by atoms with E-state index in [9.17, 15) is 18.0 Å². The third-order valence-electron chi connectivity index (χ3n) is 8.41. The summed E-state index contributed by atoms with van der Waals surface area (Å²) in [7, 11) is 1.77. The first-order chi connectivity index (χ1) is 22.0. The molecule has 246 valence electrons. The third kappa shape index (κ3) is 8.14. The summed E-state index contributed by atoms with van der Waals surface area (Å²) in [6.07, 6.45) is 4.17. The Morgan fingerprint density at radius 2 is 1.87 bits per heavy atom. The number of carbonyl (C=O) groups excluding carboxylic acids is 1. The van der Waals surface area contributed by atoms with E-state index in [2.05, 4.69) is 33.7 Å². The van der Waals surface area contributed by atoms with E-state index in [0.717, 1.165) is 78.7 Å². The monoisotopic (exact) mass is 637 g/mol. The van der Waals surface area contributed by atoms with Crippen molar-refractivity contribution in [1.82, 2.24) is 19.7 Å². The predicted octanol–water partition coefficient (Wildman–Crippen LogP) is 7.04. The van der Waals surface area contributed by atoms with E-state index in [1.807, 2.05) is 19.2 Å². The van der Waals surface area contributed by atoms with E-state index in [4.69, 9.17) is 15.5 Å². The molecule has 0 aliphatic heterocycles. The van der Waals surface area contributed by atoms with E-state index in [0.29, 0.717) is 24.2 Å². The molecule has 1 aliphatic rings. The summed E-state index contributed by atoms with van der Waals surface area (Å²) in [5.74, 6) is 0.208. The lowest BCUT2D eigenvalue weighted by atomic mass is 9.92. The van der Waals surface area contributed by atoms with Crippen molar-refractivity contribution in [3.63, 3.8) is 0 Å². The second kappa shape index (κ2) is 14.5. The molecule has 0 saturated heterocycles. The molecule has 0 atom stereocenters. The Labute approximate surface area is 267 Å². The zero-order valence-corrected chi connectivity index (χ0v) is 26.6. The first kappa shape index (κ1) is 33.2. The quantitative estimate of drug-likeness (QED) is 0.143. The highest BCUT2D eigenvalue weighted by Gasteiger charge is 2.35. The molecule has 4 N–H and O–H groups in total. The second-order valence-electron chi connectivity index (χ2n) is 12.0. The first-order valence-electron chi connectivity index (χ1n) is 16.0. The van der Waals surface area contributed by atoms with Crippen LogP contribution in [0.1, 0.15) is 75.5 Å². The van der Waals surface area contributed by atoms with Gasteiger partial charge in [-0.25, -0.2) is 9.97 Å². The molecule has 4 aromatic rings. The van der Waals surface area contributed by atoms with Gasteiger partial charge >= 0.3 is 6.18 Å². The molecule has 0 spiro atoms. The average Bonchev–Trinajstić information content (AvgIpc) is 3.39. The Hall–Kier alpha value is -4.19. The van der Waals surface area contributed by atoms with Crippen LogP contribution >= 0.6 is 0 Å². The van der Waals surface area contributed by atoms with Crippen molar-refractivity contribution in [3.05, 3.63) is 59.3 Å². The van der Waals surface area contributed by atoms with Gasteiger partial charge in [0.1, 0.15) is 5.75 Å². The number of ether oxygens (including phenoxy) is 1. The van der Waals surface area contributed by atoms with Gasteiger partial charge in [0.2, 0.25) is 11.9 Å². The molecule has 1 amide bonds. The number of alkyl halides is 3. The van der Waals surface area contributed by atoms with Crippen molar-refractivity contribution in [2.45, 2.75) is 89.9 Å². The number of benzene rings is 2. The highest BCUT2D eigenvalue weighted by molar-refractivity contribution is 5.92. The number of nitrogens with one attached hydrogen (secondary N) is 2. The summed E-state index contributed by atoms with van der Waals surface area (Å²) < 4.78 is 48.4. The number of amides is 1. The molecule has 0 radical (unpaired) electrons. The molecule has 2 aromatic heterocycles. The molecule has 2 aromatic carbocycles. The summed E-state index contributed by atoms with van der Waals surface area (Å²) >= 11 is 0. The van der Waals surface area contributed by atoms with Crippen molar-refractivity contribution < 1.29 is 22.7 Å². The maximum atomic E-state index is 13.8. The number of fused-ring (bicyclic) bond motifs is 1. The van der Waals surface area contributed by atoms with E-state index in [1.165, 1.54) is 12.1 Å². The van der Waals surface area contributed by atoms with Gasteiger partial charge in [0.05, 0.1) is 29.8 Å². The van der Waals surface area contributed by atoms with Gasteiger partial charge in [0.25, 0.3) is 0 Å². The van der Waals surface area contributed by atoms with Crippen LogP contribution in [0.2, 0.25) is 0 Å². The fraction of sp³-hybridized carbons (Fsp3) is 0.471. The maximum absolute atomic E-state index is 13.8. The standard InChI is InChI=1S/C34H42F3N7O2/c1-4-6-7-14-46-29-13-8-21(15-27(29)34(35,36)37)16-31(45)41-30-19-28(44(3)43-30)23-17-22(5-2)32-24(18-23)20-39-33(42-32)40-26-11-9-25(38)10-12-26/h8,13,15,17-20,25-26H,4-7,9-12,14,16,38H2,1-3H3,(H,39,40,42)(H,41,43,45). The lowest BCUT2D eigenvalue weighted by Gasteiger charge is -2.26. The molecular formula is C34H42F3N7O2. The Bertz CT molecular complexity index is 1660. The predicted molar refractivity (Wildman–Crippen MR) is 174 cm³/mol. The van der Waals surface area contributed by atoms with Gasteiger partial charge < -0.3 is 21.1 Å². The second-order valence-corrected chi connectivity index (χ2v) is 12.0. The minimum absolute atomic E-state index is 0.206. The number of unbranched alkanes of at least 4 members (excludes halogenated alkanes) is 2. The molecule has 1 aliphatic carbocycles. The number of halogens is 3. The van der Waals surface area contributed by atoms with E-state index < -0.39 is 17.6 Å². The Morgan fingerprint density at radius 1 is 1.09 bits per heavy atom. The van der Waals surface area contributed by atoms with E-state index in [1.54, 1.807) is 17.8 Å². The Balaban J connectivity index is 1.29. The van der Waals surface area contributed by atoms with Crippen LogP contribution in [-0.2, 0) is 30.9 Å². The largest absolute Gasteiger partial charge is 0.493 e. The zero-order chi connectivity index (χ0) is 32.8. The van der Waals surface area contributed by atoms with Gasteiger partial charge in [-0.05, 0) is 73.9 Å². The smallest absolute Gasteiger partial charge is 0.419 e. The number of rotatable bonds is 12. The van der Waals surface area contributed by atoms with Crippen LogP contribution in [0.15, 0.2) is 42.6 Å². The van der Waals surface area contributed by atoms with Crippen molar-refractivity contribution in [1.29, 1.82) is 0 Å². The highest BCUT2D eigenvalue weighted by Crippen LogP contribution is 2.37. The molecule has 1 fully saturated rings. The topological polar surface area (TPSA) is 120 Å². The van der Waals surface area contributed by atoms with Crippen LogP contribution in [0.5, 0.6) is 5.75 Å². The van der Waals surface area contributed by atoms with Gasteiger partial charge in [0, 0.05) is 42.3 Å². The summed E-state index contributed by atoms with van der Waals surface area (Å²) in [6, 6.07) is 10.1. The Morgan fingerprint density at radius 3 is 2.59 bits per heavy atom. The maximum Gasteiger partial charge on any atom is 0.419 e. The van der Waals surface area contributed by atoms with Gasteiger partial charge in [0.15, 0.2) is 5.82 Å². The lowest BCUT2D eigenvalue weighted by molar-refractivity contribution is -0.139. The summed E-state index contributed by atoms with van der Waals surface area (Å²) in [4.78, 5) is 22.3. The van der Waals surface area contributed by atoms with Crippen molar-refractivity contribution >= 4 is 28.6 Å². The van der Waals surface area contributed by atoms with Crippen LogP contribution in [0.25, 0.3) is 22.2 Å². The molecule has 0 bridgehead atoms. The number of hydrogen-bond donors (Lipinski definition) is 3. The van der Waals surface area contributed by atoms with Gasteiger partial charge in [-0.3, -0.25) is 9.48 Å². The number of aromatic nitrogens is 4. The number of hydrogen-bond acceptors (Lipinski definition) is 7. The van der Waals surface area contributed by atoms with Gasteiger partial charge in [-0.15, -0.1) is 0 Å². The third-order valence-corrected chi connectivity index (χ3v) is 8.41. The molecular weight excluding hydrogens is 595 g/mol. The van der Waals surface area contributed by atoms with Crippen LogP contribution in [-0.4, -0.2) is 44.3 Å². The first-order valence-corrected chi connectivity index (χ1v) is 16.0. The number of anilines is 2. The molecule has 9 nitrogen and oxygen atoms in total. The molecule has 1 saturated carbocycles. The minimum Gasteiger partial charge on any atom is -0.493 e. The summed E-state index contributed by atoms with van der Waals surface area (Å²) in [5.41, 5.74) is 8.96. The number of aryl methyl sites for hydroxylation is 2. The fourth-order valence-electron chi connectivity index (χ4n) is 5.89.